The molecule has 2 heterocycles. The number of fused-ring (bicyclic) bond motifs is 1. The minimum atomic E-state index is -0.856. The molecule has 0 radical (unpaired) electrons. The van der Waals surface area contributed by atoms with Gasteiger partial charge >= 0.3 is 5.97 Å². The van der Waals surface area contributed by atoms with Crippen LogP contribution in [0.2, 0.25) is 5.02 Å². The molecule has 10 heteroatoms. The summed E-state index contributed by atoms with van der Waals surface area (Å²) in [5, 5.41) is 0.513. The fourth-order valence-electron chi connectivity index (χ4n) is 4.34. The van der Waals surface area contributed by atoms with Crippen LogP contribution in [0, 0.1) is 0 Å². The van der Waals surface area contributed by atoms with Crippen LogP contribution in [0.1, 0.15) is 51.8 Å². The summed E-state index contributed by atoms with van der Waals surface area (Å²) >= 11 is 7.50. The number of allylic oxidation sites excluding steroid dienone is 1. The van der Waals surface area contributed by atoms with E-state index in [0.717, 1.165) is 0 Å². The molecule has 0 saturated heterocycles. The number of halogens is 1. The third kappa shape index (κ3) is 5.89. The molecule has 2 aromatic carbocycles. The summed E-state index contributed by atoms with van der Waals surface area (Å²) in [7, 11) is 3.08. The highest BCUT2D eigenvalue weighted by Gasteiger charge is 2.35. The molecule has 3 aromatic rings. The molecule has 0 aliphatic carbocycles. The van der Waals surface area contributed by atoms with E-state index in [2.05, 4.69) is 4.99 Å². The zero-order chi connectivity index (χ0) is 28.4. The van der Waals surface area contributed by atoms with Gasteiger partial charge in [0.2, 0.25) is 0 Å². The topological polar surface area (TPSA) is 88.4 Å². The zero-order valence-electron chi connectivity index (χ0n) is 22.9. The van der Waals surface area contributed by atoms with Crippen molar-refractivity contribution in [1.29, 1.82) is 0 Å². The van der Waals surface area contributed by atoms with Crippen molar-refractivity contribution in [2.45, 2.75) is 52.9 Å². The van der Waals surface area contributed by atoms with Crippen LogP contribution >= 0.6 is 22.9 Å². The molecule has 4 rings (SSSR count). The maximum absolute atomic E-state index is 14.0. The number of nitrogens with zero attached hydrogens (tertiary/aromatic N) is 2. The monoisotopic (exact) mass is 570 g/mol. The first-order chi connectivity index (χ1) is 18.5. The number of carbonyl (C=O) groups excluding carboxylic acids is 1. The van der Waals surface area contributed by atoms with Crippen molar-refractivity contribution in [3.8, 4) is 17.2 Å². The number of ether oxygens (including phenoxy) is 4. The van der Waals surface area contributed by atoms with Gasteiger partial charge in [-0.3, -0.25) is 9.36 Å². The van der Waals surface area contributed by atoms with E-state index in [1.807, 2.05) is 13.8 Å². The maximum atomic E-state index is 14.0. The Hall–Kier alpha value is -3.56. The summed E-state index contributed by atoms with van der Waals surface area (Å²) in [5.41, 5.74) is 1.61. The van der Waals surface area contributed by atoms with Gasteiger partial charge in [-0.1, -0.05) is 22.9 Å². The van der Waals surface area contributed by atoms with E-state index in [-0.39, 0.29) is 23.3 Å². The molecule has 0 fully saturated rings. The van der Waals surface area contributed by atoms with Crippen LogP contribution in [0.25, 0.3) is 6.08 Å². The summed E-state index contributed by atoms with van der Waals surface area (Å²) < 4.78 is 24.6. The second-order valence-corrected chi connectivity index (χ2v) is 10.9. The van der Waals surface area contributed by atoms with Crippen LogP contribution in [0.5, 0.6) is 17.2 Å². The van der Waals surface area contributed by atoms with Crippen LogP contribution < -0.4 is 29.1 Å². The Morgan fingerprint density at radius 3 is 2.41 bits per heavy atom. The van der Waals surface area contributed by atoms with Crippen LogP contribution in [0.3, 0.4) is 0 Å². The second-order valence-electron chi connectivity index (χ2n) is 9.49. The third-order valence-corrected chi connectivity index (χ3v) is 7.15. The first-order valence-electron chi connectivity index (χ1n) is 12.5. The molecule has 0 spiro atoms. The summed E-state index contributed by atoms with van der Waals surface area (Å²) in [5.74, 6) is 1.08. The van der Waals surface area contributed by atoms with Gasteiger partial charge in [0.1, 0.15) is 23.3 Å². The smallest absolute Gasteiger partial charge is 0.338 e. The Morgan fingerprint density at radius 2 is 1.77 bits per heavy atom. The standard InChI is InChI=1S/C29H31ClN2O6S/c1-15(2)37-22-10-8-19(30)12-18(22)13-24-27(33)32-26(21-14-20(35-6)9-11-23(21)36-7)25(28(34)38-16(3)4)17(5)31-29(32)39-24/h8-16,26H,1-7H3/b24-13-/t26-/m0/s1. The molecule has 0 bridgehead atoms. The fourth-order valence-corrected chi connectivity index (χ4v) is 5.56. The molecule has 206 valence electrons. The molecule has 39 heavy (non-hydrogen) atoms. The Bertz CT molecular complexity index is 1620. The predicted octanol–water partition coefficient (Wildman–Crippen LogP) is 4.64. The van der Waals surface area contributed by atoms with Gasteiger partial charge in [-0.05, 0) is 77.1 Å². The van der Waals surface area contributed by atoms with Crippen molar-refractivity contribution in [2.75, 3.05) is 14.2 Å². The first kappa shape index (κ1) is 28.4. The molecule has 8 nitrogen and oxygen atoms in total. The van der Waals surface area contributed by atoms with E-state index < -0.39 is 12.0 Å². The van der Waals surface area contributed by atoms with Gasteiger partial charge in [0.25, 0.3) is 5.56 Å². The molecule has 0 amide bonds. The number of benzene rings is 2. The summed E-state index contributed by atoms with van der Waals surface area (Å²) in [6.07, 6.45) is 1.30. The highest BCUT2D eigenvalue weighted by atomic mass is 35.5. The minimum absolute atomic E-state index is 0.0720. The summed E-state index contributed by atoms with van der Waals surface area (Å²) in [4.78, 5) is 32.5. The van der Waals surface area contributed by atoms with Crippen molar-refractivity contribution in [3.05, 3.63) is 83.5 Å². The van der Waals surface area contributed by atoms with Crippen LogP contribution in [0.15, 0.2) is 57.5 Å². The van der Waals surface area contributed by atoms with E-state index in [4.69, 9.17) is 30.5 Å². The highest BCUT2D eigenvalue weighted by Crippen LogP contribution is 2.38. The Kier molecular flexibility index (Phi) is 8.51. The molecule has 1 atom stereocenters. The predicted molar refractivity (Wildman–Crippen MR) is 152 cm³/mol. The quantitative estimate of drug-likeness (QED) is 0.367. The van der Waals surface area contributed by atoms with Gasteiger partial charge in [0.05, 0.1) is 42.2 Å². The van der Waals surface area contributed by atoms with Crippen LogP contribution in [-0.4, -0.2) is 37.0 Å². The van der Waals surface area contributed by atoms with Gasteiger partial charge in [0.15, 0.2) is 4.80 Å². The number of esters is 1. The number of thiazole rings is 1. The fraction of sp³-hybridized carbons (Fsp3) is 0.345. The summed E-state index contributed by atoms with van der Waals surface area (Å²) in [6, 6.07) is 9.66. The third-order valence-electron chi connectivity index (χ3n) is 5.94. The SMILES string of the molecule is COc1ccc(OC)c([C@H]2C(C(=O)OC(C)C)=C(C)N=c3s/c(=C\c4cc(Cl)ccc4OC(C)C)c(=O)n32)c1. The van der Waals surface area contributed by atoms with Crippen molar-refractivity contribution in [2.24, 2.45) is 4.99 Å². The molecular weight excluding hydrogens is 540 g/mol. The number of rotatable bonds is 8. The van der Waals surface area contributed by atoms with Crippen molar-refractivity contribution in [3.63, 3.8) is 0 Å². The number of hydrogen-bond donors (Lipinski definition) is 0. The van der Waals surface area contributed by atoms with E-state index in [0.29, 0.717) is 48.4 Å². The Morgan fingerprint density at radius 1 is 1.05 bits per heavy atom. The van der Waals surface area contributed by atoms with Gasteiger partial charge in [-0.2, -0.15) is 0 Å². The number of aromatic nitrogens is 1. The number of methoxy groups -OCH3 is 2. The van der Waals surface area contributed by atoms with Crippen LogP contribution in [0.4, 0.5) is 0 Å². The largest absolute Gasteiger partial charge is 0.497 e. The van der Waals surface area contributed by atoms with E-state index >= 15 is 0 Å². The molecule has 0 N–H and O–H groups in total. The molecule has 0 saturated carbocycles. The Labute approximate surface area is 235 Å². The maximum Gasteiger partial charge on any atom is 0.338 e. The number of carbonyl (C=O) groups is 1. The lowest BCUT2D eigenvalue weighted by molar-refractivity contribution is -0.143. The van der Waals surface area contributed by atoms with Gasteiger partial charge in [0, 0.05) is 16.1 Å². The van der Waals surface area contributed by atoms with E-state index in [1.165, 1.54) is 23.0 Å². The highest BCUT2D eigenvalue weighted by molar-refractivity contribution is 7.07. The van der Waals surface area contributed by atoms with Crippen molar-refractivity contribution in [1.82, 2.24) is 4.57 Å². The van der Waals surface area contributed by atoms with E-state index in [9.17, 15) is 9.59 Å². The van der Waals surface area contributed by atoms with Crippen LogP contribution in [-0.2, 0) is 9.53 Å². The van der Waals surface area contributed by atoms with Gasteiger partial charge in [-0.25, -0.2) is 9.79 Å². The van der Waals surface area contributed by atoms with E-state index in [1.54, 1.807) is 70.4 Å². The van der Waals surface area contributed by atoms with Gasteiger partial charge in [-0.15, -0.1) is 0 Å². The Balaban J connectivity index is 2.01. The van der Waals surface area contributed by atoms with Crippen molar-refractivity contribution < 1.29 is 23.7 Å². The second kappa shape index (κ2) is 11.7. The zero-order valence-corrected chi connectivity index (χ0v) is 24.5. The lowest BCUT2D eigenvalue weighted by Gasteiger charge is -2.26. The molecule has 1 aliphatic rings. The summed E-state index contributed by atoms with van der Waals surface area (Å²) in [6.45, 7) is 9.12. The minimum Gasteiger partial charge on any atom is -0.497 e. The lowest BCUT2D eigenvalue weighted by atomic mass is 9.94. The first-order valence-corrected chi connectivity index (χ1v) is 13.6. The lowest BCUT2D eigenvalue weighted by Crippen LogP contribution is -2.40. The molecule has 0 unspecified atom stereocenters. The van der Waals surface area contributed by atoms with Gasteiger partial charge < -0.3 is 18.9 Å². The van der Waals surface area contributed by atoms with Crippen molar-refractivity contribution >= 4 is 35.0 Å². The molecule has 1 aromatic heterocycles. The molecular formula is C29H31ClN2O6S. The molecule has 1 aliphatic heterocycles. The average molecular weight is 571 g/mol. The normalized spacial score (nSPS) is 15.3. The number of hydrogen-bond acceptors (Lipinski definition) is 8. The average Bonchev–Trinajstić information content (AvgIpc) is 3.17.